The molecule has 1 N–H and O–H groups in total. The van der Waals surface area contributed by atoms with Crippen molar-refractivity contribution < 1.29 is 13.6 Å². The Morgan fingerprint density at radius 3 is 2.55 bits per heavy atom. The summed E-state index contributed by atoms with van der Waals surface area (Å²) >= 11 is 0. The predicted molar refractivity (Wildman–Crippen MR) is 116 cm³/mol. The van der Waals surface area contributed by atoms with E-state index in [0.717, 1.165) is 25.9 Å². The minimum absolute atomic E-state index is 0.138. The molecule has 29 heavy (non-hydrogen) atoms. The van der Waals surface area contributed by atoms with E-state index in [0.29, 0.717) is 30.5 Å². The molecule has 160 valence electrons. The standard InChI is InChI=1S/C22H34FN3O2Si/c1-22(2,3)29(4,5)28-19-11-13-26(14-12-19)21(27)8-6-7-17-9-10-18(25-16-24)15-20(17)23/h9-10,15,19,25H,6-8,11-14H2,1-5H3. The van der Waals surface area contributed by atoms with E-state index in [1.807, 2.05) is 4.90 Å². The average molecular weight is 420 g/mol. The van der Waals surface area contributed by atoms with Gasteiger partial charge in [-0.15, -0.1) is 0 Å². The summed E-state index contributed by atoms with van der Waals surface area (Å²) in [6, 6.07) is 4.66. The zero-order valence-electron chi connectivity index (χ0n) is 18.3. The molecule has 0 unspecified atom stereocenters. The van der Waals surface area contributed by atoms with Crippen LogP contribution in [0.5, 0.6) is 0 Å². The highest BCUT2D eigenvalue weighted by Gasteiger charge is 2.39. The molecule has 1 fully saturated rings. The van der Waals surface area contributed by atoms with Gasteiger partial charge in [-0.25, -0.2) is 4.39 Å². The quantitative estimate of drug-likeness (QED) is 0.381. The molecule has 0 aromatic heterocycles. The molecule has 0 aliphatic carbocycles. The maximum Gasteiger partial charge on any atom is 0.222 e. The highest BCUT2D eigenvalue weighted by atomic mass is 28.4. The first-order valence-corrected chi connectivity index (χ1v) is 13.3. The number of piperidine rings is 1. The van der Waals surface area contributed by atoms with E-state index in [1.165, 1.54) is 6.07 Å². The molecule has 1 aromatic rings. The van der Waals surface area contributed by atoms with Gasteiger partial charge in [0.1, 0.15) is 5.82 Å². The van der Waals surface area contributed by atoms with Crippen molar-refractivity contribution in [2.75, 3.05) is 18.4 Å². The number of amides is 1. The molecule has 2 rings (SSSR count). The summed E-state index contributed by atoms with van der Waals surface area (Å²) in [4.78, 5) is 14.4. The van der Waals surface area contributed by atoms with Crippen molar-refractivity contribution in [3.63, 3.8) is 0 Å². The van der Waals surface area contributed by atoms with Crippen LogP contribution in [0.15, 0.2) is 18.2 Å². The van der Waals surface area contributed by atoms with Gasteiger partial charge in [0, 0.05) is 25.6 Å². The number of carbonyl (C=O) groups is 1. The lowest BCUT2D eigenvalue weighted by atomic mass is 10.0. The molecule has 1 amide bonds. The Balaban J connectivity index is 1.76. The lowest BCUT2D eigenvalue weighted by Gasteiger charge is -2.42. The minimum atomic E-state index is -1.78. The number of benzene rings is 1. The van der Waals surface area contributed by atoms with Gasteiger partial charge in [0.15, 0.2) is 14.5 Å². The van der Waals surface area contributed by atoms with Crippen LogP contribution < -0.4 is 5.32 Å². The third kappa shape index (κ3) is 6.55. The Kier molecular flexibility index (Phi) is 7.84. The normalized spacial score (nSPS) is 15.8. The van der Waals surface area contributed by atoms with Gasteiger partial charge in [0.25, 0.3) is 0 Å². The summed E-state index contributed by atoms with van der Waals surface area (Å²) in [5, 5.41) is 11.2. The van der Waals surface area contributed by atoms with Gasteiger partial charge >= 0.3 is 0 Å². The zero-order valence-corrected chi connectivity index (χ0v) is 19.3. The summed E-state index contributed by atoms with van der Waals surface area (Å²) in [6.45, 7) is 12.7. The third-order valence-electron chi connectivity index (χ3n) is 6.15. The number of hydrogen-bond acceptors (Lipinski definition) is 4. The fourth-order valence-corrected chi connectivity index (χ4v) is 4.72. The van der Waals surface area contributed by atoms with Gasteiger partial charge in [0.2, 0.25) is 5.91 Å². The maximum absolute atomic E-state index is 14.1. The van der Waals surface area contributed by atoms with E-state index in [1.54, 1.807) is 18.3 Å². The van der Waals surface area contributed by atoms with Crippen molar-refractivity contribution in [1.29, 1.82) is 5.26 Å². The molecule has 0 atom stereocenters. The largest absolute Gasteiger partial charge is 0.414 e. The van der Waals surface area contributed by atoms with E-state index >= 15 is 0 Å². The average Bonchev–Trinajstić information content (AvgIpc) is 2.63. The summed E-state index contributed by atoms with van der Waals surface area (Å²) in [6.07, 6.45) is 5.34. The Morgan fingerprint density at radius 2 is 2.00 bits per heavy atom. The van der Waals surface area contributed by atoms with Crippen LogP contribution in [0.2, 0.25) is 18.1 Å². The molecular formula is C22H34FN3O2Si. The summed E-state index contributed by atoms with van der Waals surface area (Å²) in [5.41, 5.74) is 1.01. The Hall–Kier alpha value is -1.91. The number of hydrogen-bond donors (Lipinski definition) is 1. The fourth-order valence-electron chi connectivity index (χ4n) is 3.30. The van der Waals surface area contributed by atoms with E-state index in [-0.39, 0.29) is 22.9 Å². The number of halogens is 1. The molecule has 1 heterocycles. The van der Waals surface area contributed by atoms with Gasteiger partial charge in [-0.2, -0.15) is 5.26 Å². The van der Waals surface area contributed by atoms with Crippen molar-refractivity contribution in [2.45, 2.75) is 77.1 Å². The fraction of sp³-hybridized carbons (Fsp3) is 0.636. The lowest BCUT2D eigenvalue weighted by molar-refractivity contribution is -0.133. The Labute approximate surface area is 175 Å². The van der Waals surface area contributed by atoms with Gasteiger partial charge in [-0.05, 0) is 61.5 Å². The van der Waals surface area contributed by atoms with Crippen LogP contribution >= 0.6 is 0 Å². The second kappa shape index (κ2) is 9.73. The number of likely N-dealkylation sites (tertiary alicyclic amines) is 1. The molecule has 1 aromatic carbocycles. The first-order valence-electron chi connectivity index (χ1n) is 10.4. The Morgan fingerprint density at radius 1 is 1.34 bits per heavy atom. The van der Waals surface area contributed by atoms with Crippen LogP contribution in [-0.2, 0) is 15.6 Å². The first kappa shape index (κ1) is 23.4. The zero-order chi connectivity index (χ0) is 21.7. The second-order valence-corrected chi connectivity index (χ2v) is 14.1. The van der Waals surface area contributed by atoms with E-state index in [2.05, 4.69) is 39.2 Å². The number of nitriles is 1. The molecule has 7 heteroatoms. The highest BCUT2D eigenvalue weighted by Crippen LogP contribution is 2.38. The SMILES string of the molecule is CC(C)(C)[Si](C)(C)OC1CCN(C(=O)CCCc2ccc(NC#N)cc2F)CC1. The van der Waals surface area contributed by atoms with E-state index in [9.17, 15) is 9.18 Å². The number of carbonyl (C=O) groups excluding carboxylic acids is 1. The number of aryl methyl sites for hydroxylation is 1. The molecule has 0 bridgehead atoms. The van der Waals surface area contributed by atoms with Crippen molar-refractivity contribution in [1.82, 2.24) is 4.90 Å². The summed E-state index contributed by atoms with van der Waals surface area (Å²) < 4.78 is 20.5. The minimum Gasteiger partial charge on any atom is -0.414 e. The monoisotopic (exact) mass is 419 g/mol. The van der Waals surface area contributed by atoms with Crippen molar-refractivity contribution >= 4 is 19.9 Å². The van der Waals surface area contributed by atoms with Crippen LogP contribution in [0.1, 0.15) is 52.0 Å². The molecule has 1 saturated heterocycles. The molecule has 0 spiro atoms. The summed E-state index contributed by atoms with van der Waals surface area (Å²) in [7, 11) is -1.78. The number of anilines is 1. The van der Waals surface area contributed by atoms with Crippen LogP contribution in [0, 0.1) is 17.3 Å². The highest BCUT2D eigenvalue weighted by molar-refractivity contribution is 6.74. The van der Waals surface area contributed by atoms with Gasteiger partial charge < -0.3 is 9.33 Å². The molecule has 1 aliphatic rings. The smallest absolute Gasteiger partial charge is 0.222 e. The van der Waals surface area contributed by atoms with E-state index in [4.69, 9.17) is 9.69 Å². The van der Waals surface area contributed by atoms with Crippen molar-refractivity contribution in [3.05, 3.63) is 29.6 Å². The number of rotatable bonds is 7. The van der Waals surface area contributed by atoms with Gasteiger partial charge in [-0.1, -0.05) is 26.8 Å². The molecule has 0 saturated carbocycles. The first-order chi connectivity index (χ1) is 13.5. The summed E-state index contributed by atoms with van der Waals surface area (Å²) in [5.74, 6) is -0.208. The number of nitrogens with zero attached hydrogens (tertiary/aromatic N) is 2. The maximum atomic E-state index is 14.1. The van der Waals surface area contributed by atoms with Crippen LogP contribution in [0.25, 0.3) is 0 Å². The van der Waals surface area contributed by atoms with Gasteiger partial charge in [-0.3, -0.25) is 10.1 Å². The number of nitrogens with one attached hydrogen (secondary N) is 1. The van der Waals surface area contributed by atoms with Crippen molar-refractivity contribution in [2.24, 2.45) is 0 Å². The van der Waals surface area contributed by atoms with Crippen LogP contribution in [0.3, 0.4) is 0 Å². The Bertz CT molecular complexity index is 747. The topological polar surface area (TPSA) is 65.4 Å². The molecule has 5 nitrogen and oxygen atoms in total. The molecular weight excluding hydrogens is 385 g/mol. The lowest BCUT2D eigenvalue weighted by Crippen LogP contribution is -2.48. The van der Waals surface area contributed by atoms with Crippen molar-refractivity contribution in [3.8, 4) is 6.19 Å². The predicted octanol–water partition coefficient (Wildman–Crippen LogP) is 5.05. The van der Waals surface area contributed by atoms with E-state index < -0.39 is 8.32 Å². The van der Waals surface area contributed by atoms with Crippen LogP contribution in [0.4, 0.5) is 10.1 Å². The van der Waals surface area contributed by atoms with Crippen LogP contribution in [-0.4, -0.2) is 38.3 Å². The molecule has 1 aliphatic heterocycles. The molecule has 0 radical (unpaired) electrons. The third-order valence-corrected chi connectivity index (χ3v) is 10.7. The second-order valence-electron chi connectivity index (χ2n) is 9.35. The van der Waals surface area contributed by atoms with Gasteiger partial charge in [0.05, 0.1) is 5.69 Å².